The molecule has 0 aromatic heterocycles. The van der Waals surface area contributed by atoms with Gasteiger partial charge in [-0.3, -0.25) is 0 Å². The molecule has 0 amide bonds. The molecule has 2 atom stereocenters. The van der Waals surface area contributed by atoms with E-state index in [0.29, 0.717) is 0 Å². The quantitative estimate of drug-likeness (QED) is 0.112. The molecule has 2 unspecified atom stereocenters. The van der Waals surface area contributed by atoms with Gasteiger partial charge >= 0.3 is 0 Å². The van der Waals surface area contributed by atoms with E-state index in [1.54, 1.807) is 6.20 Å². The van der Waals surface area contributed by atoms with E-state index >= 15 is 0 Å². The summed E-state index contributed by atoms with van der Waals surface area (Å²) in [5, 5.41) is 2.54. The van der Waals surface area contributed by atoms with Crippen molar-refractivity contribution in [3.63, 3.8) is 0 Å². The fourth-order valence-corrected chi connectivity index (χ4v) is 7.58. The van der Waals surface area contributed by atoms with Crippen LogP contribution in [-0.2, 0) is 6.42 Å². The summed E-state index contributed by atoms with van der Waals surface area (Å²) < 4.78 is 0. The zero-order valence-corrected chi connectivity index (χ0v) is 30.4. The first kappa shape index (κ1) is 34.6. The number of rotatable bonds is 10. The first-order valence-corrected chi connectivity index (χ1v) is 18.4. The highest BCUT2D eigenvalue weighted by atomic mass is 14.6. The second-order valence-electron chi connectivity index (χ2n) is 14.0. The predicted molar refractivity (Wildman–Crippen MR) is 226 cm³/mol. The van der Waals surface area contributed by atoms with E-state index in [9.17, 15) is 0 Å². The van der Waals surface area contributed by atoms with Crippen LogP contribution in [0.3, 0.4) is 0 Å². The lowest BCUT2D eigenvalue weighted by molar-refractivity contribution is 0.951. The molecule has 0 saturated heterocycles. The lowest BCUT2D eigenvalue weighted by Crippen LogP contribution is -2.16. The summed E-state index contributed by atoms with van der Waals surface area (Å²) in [4.78, 5) is 0. The van der Waals surface area contributed by atoms with E-state index < -0.39 is 0 Å². The van der Waals surface area contributed by atoms with Gasteiger partial charge in [0.2, 0.25) is 0 Å². The highest BCUT2D eigenvalue weighted by molar-refractivity contribution is 6.44. The Morgan fingerprint density at radius 2 is 1.35 bits per heavy atom. The van der Waals surface area contributed by atoms with Gasteiger partial charge in [-0.25, -0.2) is 0 Å². The molecule has 0 aliphatic heterocycles. The largest absolute Gasteiger partial charge is 0.405 e. The number of aryl methyl sites for hydroxylation is 1. The van der Waals surface area contributed by atoms with Crippen LogP contribution in [0.5, 0.6) is 0 Å². The average Bonchev–Trinajstić information content (AvgIpc) is 3.19. The summed E-state index contributed by atoms with van der Waals surface area (Å²) in [6, 6.07) is 48.3. The lowest BCUT2D eigenvalue weighted by atomic mass is 9.50. The van der Waals surface area contributed by atoms with E-state index in [-0.39, 0.29) is 11.6 Å². The molecule has 52 heavy (non-hydrogen) atoms. The highest BCUT2D eigenvalue weighted by Crippen LogP contribution is 2.40. The lowest BCUT2D eigenvalue weighted by Gasteiger charge is -2.27. The maximum atomic E-state index is 6.97. The van der Waals surface area contributed by atoms with Gasteiger partial charge in [0.05, 0.1) is 0 Å². The molecular weight excluding hydrogens is 627 g/mol. The molecule has 7 rings (SSSR count). The molecule has 4 N–H and O–H groups in total. The molecule has 3 heteroatoms. The summed E-state index contributed by atoms with van der Waals surface area (Å²) in [5.41, 5.74) is 28.3. The molecule has 6 aromatic carbocycles. The van der Waals surface area contributed by atoms with Crippen LogP contribution in [0, 0.1) is 6.92 Å². The Labute approximate surface area is 310 Å². The maximum absolute atomic E-state index is 6.97. The molecule has 1 aliphatic rings. The molecule has 2 nitrogen and oxygen atoms in total. The van der Waals surface area contributed by atoms with Crippen molar-refractivity contribution in [2.45, 2.75) is 45.2 Å². The third-order valence-electron chi connectivity index (χ3n) is 10.6. The standard InChI is InChI=1S/C49H46BN2/c1-33(11-9-31-51)36-19-23-38(24-20-36)39-25-29-42(30-26-39)49(52)32-48(47-18-8-15-43-34(2)10-6-17-46(43)47)50-35(3)37-21-27-41(28-22-37)45-16-7-13-40-12-4-5-14-44(40)45/h4-7,9-14,16-32,35,48H,8,15,51-52H2,1-3H3/b31-9-,33-11+,49-32-. The van der Waals surface area contributed by atoms with Gasteiger partial charge in [0.25, 0.3) is 0 Å². The Hall–Kier alpha value is -5.80. The van der Waals surface area contributed by atoms with E-state index in [4.69, 9.17) is 11.5 Å². The normalized spacial score (nSPS) is 14.6. The summed E-state index contributed by atoms with van der Waals surface area (Å²) >= 11 is 0. The number of benzene rings is 6. The van der Waals surface area contributed by atoms with Gasteiger partial charge in [0.1, 0.15) is 7.28 Å². The molecule has 6 aromatic rings. The number of allylic oxidation sites excluding steroid dienone is 6. The van der Waals surface area contributed by atoms with Crippen LogP contribution in [0.2, 0.25) is 5.82 Å². The van der Waals surface area contributed by atoms with Crippen LogP contribution >= 0.6 is 0 Å². The minimum absolute atomic E-state index is 0.0474. The number of nitrogens with two attached hydrogens (primary N) is 2. The fourth-order valence-electron chi connectivity index (χ4n) is 7.58. The van der Waals surface area contributed by atoms with E-state index in [0.717, 1.165) is 29.7 Å². The first-order valence-electron chi connectivity index (χ1n) is 18.4. The number of fused-ring (bicyclic) bond motifs is 2. The topological polar surface area (TPSA) is 52.0 Å². The zero-order valence-electron chi connectivity index (χ0n) is 30.4. The minimum Gasteiger partial charge on any atom is -0.405 e. The number of hydrogen-bond acceptors (Lipinski definition) is 2. The van der Waals surface area contributed by atoms with Crippen molar-refractivity contribution in [3.05, 3.63) is 197 Å². The van der Waals surface area contributed by atoms with Gasteiger partial charge in [-0.05, 0) is 123 Å². The summed E-state index contributed by atoms with van der Waals surface area (Å²) in [6.45, 7) is 6.63. The minimum atomic E-state index is 0.0474. The van der Waals surface area contributed by atoms with E-state index in [1.807, 2.05) is 12.2 Å². The van der Waals surface area contributed by atoms with Crippen molar-refractivity contribution in [1.82, 2.24) is 0 Å². The summed E-state index contributed by atoms with van der Waals surface area (Å²) in [7, 11) is 2.47. The van der Waals surface area contributed by atoms with E-state index in [2.05, 4.69) is 174 Å². The Bertz CT molecular complexity index is 2300. The van der Waals surface area contributed by atoms with Crippen molar-refractivity contribution < 1.29 is 0 Å². The third-order valence-corrected chi connectivity index (χ3v) is 10.6. The molecule has 0 bridgehead atoms. The van der Waals surface area contributed by atoms with Gasteiger partial charge in [-0.15, -0.1) is 0 Å². The van der Waals surface area contributed by atoms with Crippen LogP contribution in [0.1, 0.15) is 59.5 Å². The molecule has 0 fully saturated rings. The molecule has 0 saturated carbocycles. The monoisotopic (exact) mass is 673 g/mol. The summed E-state index contributed by atoms with van der Waals surface area (Å²) in [6.07, 6.45) is 12.2. The van der Waals surface area contributed by atoms with E-state index in [1.165, 1.54) is 66.4 Å². The Balaban J connectivity index is 1.16. The van der Waals surface area contributed by atoms with Crippen LogP contribution in [0.25, 0.3) is 49.9 Å². The Morgan fingerprint density at radius 1 is 0.712 bits per heavy atom. The molecule has 0 heterocycles. The first-order chi connectivity index (χ1) is 25.4. The molecular formula is C49H46BN2. The van der Waals surface area contributed by atoms with Gasteiger partial charge in [-0.1, -0.05) is 164 Å². The zero-order chi connectivity index (χ0) is 36.0. The number of hydrogen-bond donors (Lipinski definition) is 2. The van der Waals surface area contributed by atoms with Crippen molar-refractivity contribution >= 4 is 34.9 Å². The van der Waals surface area contributed by atoms with Crippen molar-refractivity contribution in [3.8, 4) is 22.3 Å². The maximum Gasteiger partial charge on any atom is 0.134 e. The fraction of sp³-hybridized carbons (Fsp3) is 0.143. The molecule has 1 aliphatic carbocycles. The Morgan fingerprint density at radius 3 is 2.08 bits per heavy atom. The second-order valence-corrected chi connectivity index (χ2v) is 14.0. The summed E-state index contributed by atoms with van der Waals surface area (Å²) in [5.74, 6) is 0.257. The SMILES string of the molecule is C/C(=C\C=C/N)c1ccc(-c2ccc(/C(N)=C/C([B]C(C)c3ccc(-c4cccc5ccccc45)cc3)C3=CCCc4c(C)cccc43)cc2)cc1. The van der Waals surface area contributed by atoms with Crippen molar-refractivity contribution in [1.29, 1.82) is 0 Å². The smallest absolute Gasteiger partial charge is 0.134 e. The van der Waals surface area contributed by atoms with Crippen LogP contribution in [0.4, 0.5) is 0 Å². The Kier molecular flexibility index (Phi) is 10.4. The van der Waals surface area contributed by atoms with Crippen molar-refractivity contribution in [2.75, 3.05) is 0 Å². The van der Waals surface area contributed by atoms with Gasteiger partial charge in [0, 0.05) is 5.70 Å². The highest BCUT2D eigenvalue weighted by Gasteiger charge is 2.24. The van der Waals surface area contributed by atoms with Crippen LogP contribution in [0.15, 0.2) is 164 Å². The van der Waals surface area contributed by atoms with Crippen molar-refractivity contribution in [2.24, 2.45) is 11.5 Å². The molecule has 255 valence electrons. The molecule has 0 spiro atoms. The van der Waals surface area contributed by atoms with Gasteiger partial charge in [-0.2, -0.15) is 0 Å². The van der Waals surface area contributed by atoms with Gasteiger partial charge < -0.3 is 11.5 Å². The average molecular weight is 674 g/mol. The third kappa shape index (κ3) is 7.46. The van der Waals surface area contributed by atoms with Crippen LogP contribution in [-0.4, -0.2) is 7.28 Å². The van der Waals surface area contributed by atoms with Crippen LogP contribution < -0.4 is 11.5 Å². The molecule has 1 radical (unpaired) electrons. The van der Waals surface area contributed by atoms with Gasteiger partial charge in [0.15, 0.2) is 0 Å². The predicted octanol–water partition coefficient (Wildman–Crippen LogP) is 11.9. The second kappa shape index (κ2) is 15.6.